The SMILES string of the molecule is CCc1nc(Cl)c(C)c(Oc2ccccc2SC)n1. The molecule has 0 saturated carbocycles. The van der Waals surface area contributed by atoms with Gasteiger partial charge in [0.05, 0.1) is 0 Å². The molecule has 100 valence electrons. The molecule has 0 radical (unpaired) electrons. The molecule has 1 heterocycles. The van der Waals surface area contributed by atoms with Gasteiger partial charge in [-0.2, -0.15) is 4.98 Å². The minimum atomic E-state index is 0.448. The largest absolute Gasteiger partial charge is 0.437 e. The van der Waals surface area contributed by atoms with Crippen LogP contribution in [0.2, 0.25) is 5.15 Å². The van der Waals surface area contributed by atoms with Crippen LogP contribution in [0.5, 0.6) is 11.6 Å². The van der Waals surface area contributed by atoms with Crippen LogP contribution in [0.25, 0.3) is 0 Å². The lowest BCUT2D eigenvalue weighted by atomic mass is 10.3. The van der Waals surface area contributed by atoms with Crippen LogP contribution in [0.1, 0.15) is 18.3 Å². The first-order valence-electron chi connectivity index (χ1n) is 5.99. The molecule has 0 atom stereocenters. The first-order valence-corrected chi connectivity index (χ1v) is 7.59. The van der Waals surface area contributed by atoms with Crippen molar-refractivity contribution >= 4 is 23.4 Å². The molecule has 0 fully saturated rings. The Kier molecular flexibility index (Phi) is 4.66. The molecule has 2 aromatic rings. The summed E-state index contributed by atoms with van der Waals surface area (Å²) in [6, 6.07) is 7.86. The molecule has 0 aliphatic carbocycles. The Morgan fingerprint density at radius 3 is 2.68 bits per heavy atom. The Balaban J connectivity index is 2.40. The molecule has 0 amide bonds. The van der Waals surface area contributed by atoms with Crippen molar-refractivity contribution in [2.45, 2.75) is 25.2 Å². The lowest BCUT2D eigenvalue weighted by Gasteiger charge is -2.12. The fraction of sp³-hybridized carbons (Fsp3) is 0.286. The second-order valence-electron chi connectivity index (χ2n) is 3.97. The number of rotatable bonds is 4. The van der Waals surface area contributed by atoms with Gasteiger partial charge in [-0.1, -0.05) is 30.7 Å². The lowest BCUT2D eigenvalue weighted by Crippen LogP contribution is -2.00. The molecule has 0 N–H and O–H groups in total. The highest BCUT2D eigenvalue weighted by molar-refractivity contribution is 7.98. The Hall–Kier alpha value is -1.26. The van der Waals surface area contributed by atoms with Gasteiger partial charge in [0.2, 0.25) is 5.88 Å². The third-order valence-electron chi connectivity index (χ3n) is 2.68. The Morgan fingerprint density at radius 2 is 2.00 bits per heavy atom. The molecular formula is C14H15ClN2OS. The highest BCUT2D eigenvalue weighted by Crippen LogP contribution is 2.33. The summed E-state index contributed by atoms with van der Waals surface area (Å²) in [6.45, 7) is 3.85. The molecule has 0 aliphatic rings. The topological polar surface area (TPSA) is 35.0 Å². The van der Waals surface area contributed by atoms with Gasteiger partial charge in [-0.15, -0.1) is 11.8 Å². The van der Waals surface area contributed by atoms with Crippen molar-refractivity contribution in [3.63, 3.8) is 0 Å². The number of hydrogen-bond donors (Lipinski definition) is 0. The highest BCUT2D eigenvalue weighted by Gasteiger charge is 2.12. The normalized spacial score (nSPS) is 10.5. The standard InChI is InChI=1S/C14H15ClN2OS/c1-4-12-16-13(15)9(2)14(17-12)18-10-7-5-6-8-11(10)19-3/h5-8H,4H2,1-3H3. The monoisotopic (exact) mass is 294 g/mol. The summed E-state index contributed by atoms with van der Waals surface area (Å²) in [5.74, 6) is 2.00. The van der Waals surface area contributed by atoms with Crippen LogP contribution in [0.3, 0.4) is 0 Å². The van der Waals surface area contributed by atoms with Crippen molar-refractivity contribution in [1.82, 2.24) is 9.97 Å². The van der Waals surface area contributed by atoms with Crippen molar-refractivity contribution in [2.24, 2.45) is 0 Å². The second kappa shape index (κ2) is 6.26. The Labute approximate surface area is 122 Å². The summed E-state index contributed by atoms with van der Waals surface area (Å²) in [7, 11) is 0. The number of aryl methyl sites for hydroxylation is 1. The maximum atomic E-state index is 6.10. The van der Waals surface area contributed by atoms with Gasteiger partial charge in [-0.25, -0.2) is 4.98 Å². The smallest absolute Gasteiger partial charge is 0.227 e. The van der Waals surface area contributed by atoms with Gasteiger partial charge in [-0.05, 0) is 25.3 Å². The first kappa shape index (κ1) is 14.2. The zero-order valence-electron chi connectivity index (χ0n) is 11.1. The van der Waals surface area contributed by atoms with Gasteiger partial charge in [0, 0.05) is 16.9 Å². The summed E-state index contributed by atoms with van der Waals surface area (Å²) in [4.78, 5) is 9.66. The van der Waals surface area contributed by atoms with E-state index < -0.39 is 0 Å². The number of hydrogen-bond acceptors (Lipinski definition) is 4. The number of nitrogens with zero attached hydrogens (tertiary/aromatic N) is 2. The van der Waals surface area contributed by atoms with E-state index in [1.54, 1.807) is 11.8 Å². The molecule has 1 aromatic carbocycles. The van der Waals surface area contributed by atoms with Crippen molar-refractivity contribution in [3.8, 4) is 11.6 Å². The van der Waals surface area contributed by atoms with E-state index in [9.17, 15) is 0 Å². The molecule has 2 rings (SSSR count). The van der Waals surface area contributed by atoms with Crippen LogP contribution in [0, 0.1) is 6.92 Å². The third kappa shape index (κ3) is 3.19. The average Bonchev–Trinajstić information content (AvgIpc) is 2.44. The van der Waals surface area contributed by atoms with E-state index >= 15 is 0 Å². The summed E-state index contributed by atoms with van der Waals surface area (Å²) in [6.07, 6.45) is 2.74. The number of aromatic nitrogens is 2. The van der Waals surface area contributed by atoms with Crippen LogP contribution < -0.4 is 4.74 Å². The highest BCUT2D eigenvalue weighted by atomic mass is 35.5. The number of para-hydroxylation sites is 1. The van der Waals surface area contributed by atoms with E-state index in [-0.39, 0.29) is 0 Å². The predicted molar refractivity (Wildman–Crippen MR) is 79.5 cm³/mol. The lowest BCUT2D eigenvalue weighted by molar-refractivity contribution is 0.444. The molecule has 0 aliphatic heterocycles. The summed E-state index contributed by atoms with van der Waals surface area (Å²) >= 11 is 7.73. The van der Waals surface area contributed by atoms with Crippen molar-refractivity contribution in [2.75, 3.05) is 6.26 Å². The summed E-state index contributed by atoms with van der Waals surface area (Å²) in [5, 5.41) is 0.448. The molecule has 0 bridgehead atoms. The minimum Gasteiger partial charge on any atom is -0.437 e. The molecule has 19 heavy (non-hydrogen) atoms. The van der Waals surface area contributed by atoms with Gasteiger partial charge in [-0.3, -0.25) is 0 Å². The van der Waals surface area contributed by atoms with E-state index in [2.05, 4.69) is 9.97 Å². The van der Waals surface area contributed by atoms with Gasteiger partial charge >= 0.3 is 0 Å². The molecule has 1 aromatic heterocycles. The van der Waals surface area contributed by atoms with Crippen molar-refractivity contribution in [1.29, 1.82) is 0 Å². The number of halogens is 1. The van der Waals surface area contributed by atoms with E-state index in [1.807, 2.05) is 44.4 Å². The minimum absolute atomic E-state index is 0.448. The molecule has 0 saturated heterocycles. The van der Waals surface area contributed by atoms with Gasteiger partial charge in [0.15, 0.2) is 0 Å². The fourth-order valence-electron chi connectivity index (χ4n) is 1.58. The van der Waals surface area contributed by atoms with E-state index in [4.69, 9.17) is 16.3 Å². The van der Waals surface area contributed by atoms with Gasteiger partial charge < -0.3 is 4.74 Å². The van der Waals surface area contributed by atoms with Gasteiger partial charge in [0.1, 0.15) is 16.7 Å². The first-order chi connectivity index (χ1) is 9.15. The van der Waals surface area contributed by atoms with Crippen LogP contribution in [-0.4, -0.2) is 16.2 Å². The molecule has 0 unspecified atom stereocenters. The van der Waals surface area contributed by atoms with Crippen LogP contribution >= 0.6 is 23.4 Å². The maximum absolute atomic E-state index is 6.10. The zero-order valence-corrected chi connectivity index (χ0v) is 12.7. The molecule has 5 heteroatoms. The van der Waals surface area contributed by atoms with Crippen LogP contribution in [0.4, 0.5) is 0 Å². The molecule has 0 spiro atoms. The van der Waals surface area contributed by atoms with Crippen molar-refractivity contribution < 1.29 is 4.74 Å². The third-order valence-corrected chi connectivity index (χ3v) is 3.83. The number of ether oxygens (including phenoxy) is 1. The molecular weight excluding hydrogens is 280 g/mol. The van der Waals surface area contributed by atoms with Crippen LogP contribution in [0.15, 0.2) is 29.2 Å². The van der Waals surface area contributed by atoms with E-state index in [1.165, 1.54) is 0 Å². The summed E-state index contributed by atoms with van der Waals surface area (Å²) < 4.78 is 5.90. The number of thioether (sulfide) groups is 1. The predicted octanol–water partition coefficient (Wildman–Crippen LogP) is 4.52. The summed E-state index contributed by atoms with van der Waals surface area (Å²) in [5.41, 5.74) is 0.759. The second-order valence-corrected chi connectivity index (χ2v) is 5.17. The number of benzene rings is 1. The van der Waals surface area contributed by atoms with E-state index in [0.717, 1.165) is 22.6 Å². The fourth-order valence-corrected chi connectivity index (χ4v) is 2.28. The molecule has 3 nitrogen and oxygen atoms in total. The van der Waals surface area contributed by atoms with Crippen LogP contribution in [-0.2, 0) is 6.42 Å². The Morgan fingerprint density at radius 1 is 1.26 bits per heavy atom. The van der Waals surface area contributed by atoms with Crippen molar-refractivity contribution in [3.05, 3.63) is 40.8 Å². The Bertz CT molecular complexity index is 590. The van der Waals surface area contributed by atoms with E-state index in [0.29, 0.717) is 16.9 Å². The maximum Gasteiger partial charge on any atom is 0.227 e. The van der Waals surface area contributed by atoms with Gasteiger partial charge in [0.25, 0.3) is 0 Å². The zero-order chi connectivity index (χ0) is 13.8. The quantitative estimate of drug-likeness (QED) is 0.613. The average molecular weight is 295 g/mol.